The summed E-state index contributed by atoms with van der Waals surface area (Å²) in [4.78, 5) is 6.96. The van der Waals surface area contributed by atoms with Gasteiger partial charge in [0.05, 0.1) is 11.1 Å². The fraction of sp³-hybridized carbons (Fsp3) is 0.240. The third-order valence-corrected chi connectivity index (χ3v) is 6.19. The second-order valence-electron chi connectivity index (χ2n) is 8.03. The number of para-hydroxylation sites is 1. The average molecular weight is 438 g/mol. The normalized spacial score (nSPS) is 24.2. The molecule has 0 saturated carbocycles. The zero-order valence-corrected chi connectivity index (χ0v) is 17.3. The van der Waals surface area contributed by atoms with Crippen molar-refractivity contribution in [3.05, 3.63) is 90.5 Å². The van der Waals surface area contributed by atoms with Crippen LogP contribution < -0.4 is 14.4 Å². The lowest BCUT2D eigenvalue weighted by molar-refractivity contribution is -0.274. The second kappa shape index (κ2) is 7.58. The van der Waals surface area contributed by atoms with E-state index in [-0.39, 0.29) is 17.1 Å². The van der Waals surface area contributed by atoms with E-state index >= 15 is 0 Å². The van der Waals surface area contributed by atoms with E-state index in [2.05, 4.69) is 22.6 Å². The Kier molecular flexibility index (Phi) is 4.84. The van der Waals surface area contributed by atoms with Gasteiger partial charge in [-0.15, -0.1) is 13.2 Å². The molecule has 2 aromatic carbocycles. The Balaban J connectivity index is 1.41. The third kappa shape index (κ3) is 3.57. The molecule has 2 aliphatic heterocycles. The Morgan fingerprint density at radius 2 is 1.78 bits per heavy atom. The molecule has 164 valence electrons. The molecule has 0 radical (unpaired) electrons. The Bertz CT molecular complexity index is 1130. The van der Waals surface area contributed by atoms with Gasteiger partial charge in [-0.25, -0.2) is 4.99 Å². The molecule has 1 spiro atoms. The van der Waals surface area contributed by atoms with Crippen LogP contribution in [-0.2, 0) is 0 Å². The summed E-state index contributed by atoms with van der Waals surface area (Å²) in [5.74, 6) is 1.20. The van der Waals surface area contributed by atoms with Gasteiger partial charge in [0.15, 0.2) is 0 Å². The first-order valence-corrected chi connectivity index (χ1v) is 10.4. The highest BCUT2D eigenvalue weighted by Gasteiger charge is 2.52. The molecule has 0 amide bonds. The molecule has 4 nitrogen and oxygen atoms in total. The maximum atomic E-state index is 12.5. The van der Waals surface area contributed by atoms with Crippen LogP contribution in [0.3, 0.4) is 0 Å². The predicted octanol–water partition coefficient (Wildman–Crippen LogP) is 6.25. The van der Waals surface area contributed by atoms with E-state index in [0.717, 1.165) is 35.8 Å². The lowest BCUT2D eigenvalue weighted by Crippen LogP contribution is -2.40. The molecule has 32 heavy (non-hydrogen) atoms. The summed E-state index contributed by atoms with van der Waals surface area (Å²) in [5, 5.41) is 0. The summed E-state index contributed by atoms with van der Waals surface area (Å²) in [7, 11) is 0. The van der Waals surface area contributed by atoms with Crippen molar-refractivity contribution in [1.29, 1.82) is 0 Å². The van der Waals surface area contributed by atoms with Crippen molar-refractivity contribution in [2.45, 2.75) is 19.7 Å². The molecule has 1 aliphatic carbocycles. The first kappa shape index (κ1) is 20.4. The molecule has 2 unspecified atom stereocenters. The first-order valence-electron chi connectivity index (χ1n) is 10.4. The van der Waals surface area contributed by atoms with Crippen molar-refractivity contribution < 1.29 is 22.6 Å². The molecule has 5 rings (SSSR count). The SMILES string of the molecule is CC1C=C(Oc2ccccc2)N=C2C=CC=C3N(c4ccc(OC(F)(F)F)cc4)CCC321. The maximum Gasteiger partial charge on any atom is 0.573 e. The van der Waals surface area contributed by atoms with Crippen LogP contribution in [-0.4, -0.2) is 18.6 Å². The van der Waals surface area contributed by atoms with Gasteiger partial charge in [-0.3, -0.25) is 0 Å². The highest BCUT2D eigenvalue weighted by molar-refractivity contribution is 6.06. The number of hydrogen-bond donors (Lipinski definition) is 0. The molecule has 3 aliphatic rings. The maximum absolute atomic E-state index is 12.5. The Hall–Kier alpha value is -3.48. The summed E-state index contributed by atoms with van der Waals surface area (Å²) >= 11 is 0. The van der Waals surface area contributed by atoms with E-state index in [1.807, 2.05) is 48.6 Å². The molecule has 1 saturated heterocycles. The van der Waals surface area contributed by atoms with Crippen LogP contribution in [0.2, 0.25) is 0 Å². The monoisotopic (exact) mass is 438 g/mol. The van der Waals surface area contributed by atoms with Crippen LogP contribution in [0.5, 0.6) is 11.5 Å². The zero-order valence-electron chi connectivity index (χ0n) is 17.3. The number of rotatable bonds is 4. The Morgan fingerprint density at radius 1 is 1.03 bits per heavy atom. The van der Waals surface area contributed by atoms with Crippen molar-refractivity contribution in [3.63, 3.8) is 0 Å². The quantitative estimate of drug-likeness (QED) is 0.566. The van der Waals surface area contributed by atoms with Crippen molar-refractivity contribution >= 4 is 11.4 Å². The topological polar surface area (TPSA) is 34.1 Å². The fourth-order valence-corrected chi connectivity index (χ4v) is 4.76. The second-order valence-corrected chi connectivity index (χ2v) is 8.03. The molecule has 0 aromatic heterocycles. The number of alkyl halides is 3. The lowest BCUT2D eigenvalue weighted by Gasteiger charge is -2.40. The molecule has 2 aromatic rings. The fourth-order valence-electron chi connectivity index (χ4n) is 4.76. The molecular weight excluding hydrogens is 417 g/mol. The number of allylic oxidation sites excluding steroid dienone is 5. The summed E-state index contributed by atoms with van der Waals surface area (Å²) < 4.78 is 47.4. The average Bonchev–Trinajstić information content (AvgIpc) is 3.15. The minimum Gasteiger partial charge on any atom is -0.439 e. The number of nitrogens with zero attached hydrogens (tertiary/aromatic N) is 2. The predicted molar refractivity (Wildman–Crippen MR) is 116 cm³/mol. The van der Waals surface area contributed by atoms with Gasteiger partial charge in [0.2, 0.25) is 5.88 Å². The van der Waals surface area contributed by atoms with E-state index in [1.54, 1.807) is 12.1 Å². The van der Waals surface area contributed by atoms with Crippen LogP contribution in [0.15, 0.2) is 95.5 Å². The first-order chi connectivity index (χ1) is 15.3. The number of anilines is 1. The van der Waals surface area contributed by atoms with Crippen molar-refractivity contribution in [2.24, 2.45) is 16.3 Å². The highest BCUT2D eigenvalue weighted by atomic mass is 19.4. The molecule has 0 N–H and O–H groups in total. The van der Waals surface area contributed by atoms with Crippen LogP contribution in [0.4, 0.5) is 18.9 Å². The van der Waals surface area contributed by atoms with Gasteiger partial charge in [-0.1, -0.05) is 31.2 Å². The summed E-state index contributed by atoms with van der Waals surface area (Å²) in [6.07, 6.45) is 4.24. The summed E-state index contributed by atoms with van der Waals surface area (Å²) in [5.41, 5.74) is 2.56. The van der Waals surface area contributed by atoms with E-state index in [1.165, 1.54) is 12.1 Å². The Labute approximate surface area is 184 Å². The lowest BCUT2D eigenvalue weighted by atomic mass is 9.66. The zero-order chi connectivity index (χ0) is 22.3. The number of ether oxygens (including phenoxy) is 2. The van der Waals surface area contributed by atoms with Crippen LogP contribution >= 0.6 is 0 Å². The number of halogens is 3. The summed E-state index contributed by atoms with van der Waals surface area (Å²) in [6, 6.07) is 15.5. The standard InChI is InChI=1S/C25H21F3N2O2/c1-17-16-23(31-19-6-3-2-4-7-19)29-21-8-5-9-22-24(17,21)14-15-30(22)18-10-12-20(13-11-18)32-25(26,27)28/h2-13,16-17H,14-15H2,1H3. The minimum atomic E-state index is -4.70. The molecule has 7 heteroatoms. The van der Waals surface area contributed by atoms with E-state index < -0.39 is 6.36 Å². The van der Waals surface area contributed by atoms with Gasteiger partial charge in [0, 0.05) is 17.9 Å². The van der Waals surface area contributed by atoms with Crippen molar-refractivity contribution in [1.82, 2.24) is 0 Å². The van der Waals surface area contributed by atoms with Crippen molar-refractivity contribution in [2.75, 3.05) is 11.4 Å². The van der Waals surface area contributed by atoms with Gasteiger partial charge >= 0.3 is 6.36 Å². The molecule has 0 bridgehead atoms. The van der Waals surface area contributed by atoms with Gasteiger partial charge in [-0.2, -0.15) is 0 Å². The minimum absolute atomic E-state index is 0.128. The Morgan fingerprint density at radius 3 is 2.50 bits per heavy atom. The van der Waals surface area contributed by atoms with E-state index in [0.29, 0.717) is 5.88 Å². The smallest absolute Gasteiger partial charge is 0.439 e. The third-order valence-electron chi connectivity index (χ3n) is 6.19. The van der Waals surface area contributed by atoms with Gasteiger partial charge in [0.25, 0.3) is 0 Å². The largest absolute Gasteiger partial charge is 0.573 e. The molecule has 1 fully saturated rings. The number of aliphatic imine (C=N–C) groups is 1. The van der Waals surface area contributed by atoms with E-state index in [9.17, 15) is 13.2 Å². The van der Waals surface area contributed by atoms with E-state index in [4.69, 9.17) is 9.73 Å². The van der Waals surface area contributed by atoms with Crippen LogP contribution in [0, 0.1) is 11.3 Å². The van der Waals surface area contributed by atoms with Gasteiger partial charge < -0.3 is 14.4 Å². The van der Waals surface area contributed by atoms with Gasteiger partial charge in [0.1, 0.15) is 11.5 Å². The number of benzene rings is 2. The number of hydrogen-bond acceptors (Lipinski definition) is 4. The molecule has 2 heterocycles. The van der Waals surface area contributed by atoms with Crippen LogP contribution in [0.1, 0.15) is 13.3 Å². The molecule has 2 atom stereocenters. The highest BCUT2D eigenvalue weighted by Crippen LogP contribution is 2.53. The van der Waals surface area contributed by atoms with Crippen LogP contribution in [0.25, 0.3) is 0 Å². The van der Waals surface area contributed by atoms with Crippen molar-refractivity contribution in [3.8, 4) is 11.5 Å². The summed E-state index contributed by atoms with van der Waals surface area (Å²) in [6.45, 7) is 2.89. The van der Waals surface area contributed by atoms with Gasteiger partial charge in [-0.05, 0) is 67.0 Å². The molecular formula is C25H21F3N2O2.